The molecule has 2 N–H and O–H groups in total. The Kier molecular flexibility index (Phi) is 5.65. The Hall–Kier alpha value is -2.02. The Morgan fingerprint density at radius 3 is 2.43 bits per heavy atom. The fourth-order valence-electron chi connectivity index (χ4n) is 2.82. The van der Waals surface area contributed by atoms with E-state index in [1.807, 2.05) is 11.8 Å². The summed E-state index contributed by atoms with van der Waals surface area (Å²) >= 11 is 0. The van der Waals surface area contributed by atoms with E-state index in [1.165, 1.54) is 6.07 Å². The Morgan fingerprint density at radius 1 is 1.30 bits per heavy atom. The van der Waals surface area contributed by atoms with Crippen LogP contribution in [-0.2, 0) is 16.0 Å². The van der Waals surface area contributed by atoms with Crippen LogP contribution in [0.5, 0.6) is 0 Å². The number of hydrogen-bond acceptors (Lipinski definition) is 3. The smallest absolute Gasteiger partial charge is 0.317 e. The van der Waals surface area contributed by atoms with Gasteiger partial charge in [-0.25, -0.2) is 8.78 Å². The molecule has 5 nitrogen and oxygen atoms in total. The monoisotopic (exact) mass is 326 g/mol. The fourth-order valence-corrected chi connectivity index (χ4v) is 2.82. The maximum Gasteiger partial charge on any atom is 0.317 e. The van der Waals surface area contributed by atoms with Crippen LogP contribution in [0.25, 0.3) is 0 Å². The predicted molar refractivity (Wildman–Crippen MR) is 79.9 cm³/mol. The minimum Gasteiger partial charge on any atom is -0.480 e. The van der Waals surface area contributed by atoms with Crippen LogP contribution in [0.1, 0.15) is 25.3 Å². The molecule has 0 saturated heterocycles. The van der Waals surface area contributed by atoms with Gasteiger partial charge in [-0.2, -0.15) is 0 Å². The molecule has 1 aliphatic rings. The number of hydrogen-bond donors (Lipinski definition) is 2. The molecule has 7 heteroatoms. The van der Waals surface area contributed by atoms with E-state index in [0.717, 1.165) is 12.1 Å². The molecule has 1 saturated carbocycles. The van der Waals surface area contributed by atoms with Gasteiger partial charge in [-0.3, -0.25) is 14.5 Å². The van der Waals surface area contributed by atoms with Crippen molar-refractivity contribution in [2.24, 2.45) is 0 Å². The lowest BCUT2D eigenvalue weighted by Gasteiger charge is -2.42. The number of carboxylic acids is 1. The summed E-state index contributed by atoms with van der Waals surface area (Å²) in [4.78, 5) is 24.5. The molecule has 1 aliphatic carbocycles. The number of halogens is 2. The molecule has 0 atom stereocenters. The molecule has 0 heterocycles. The number of carbonyl (C=O) groups excluding carboxylic acids is 1. The molecule has 0 spiro atoms. The number of likely N-dealkylation sites (N-methyl/N-ethyl adjacent to an activating group) is 1. The number of aliphatic carboxylic acids is 1. The molecular formula is C16H20F2N2O3. The largest absolute Gasteiger partial charge is 0.480 e. The average Bonchev–Trinajstić information content (AvgIpc) is 2.44. The SMILES string of the molecule is CCN(CC(=O)O)C1CC(NC(=O)Cc2c(F)cccc2F)C1. The summed E-state index contributed by atoms with van der Waals surface area (Å²) < 4.78 is 27.0. The van der Waals surface area contributed by atoms with Gasteiger partial charge >= 0.3 is 5.97 Å². The van der Waals surface area contributed by atoms with E-state index in [0.29, 0.717) is 19.4 Å². The van der Waals surface area contributed by atoms with E-state index < -0.39 is 23.5 Å². The molecule has 1 aromatic carbocycles. The van der Waals surface area contributed by atoms with Gasteiger partial charge in [0.2, 0.25) is 5.91 Å². The van der Waals surface area contributed by atoms with E-state index >= 15 is 0 Å². The summed E-state index contributed by atoms with van der Waals surface area (Å²) in [7, 11) is 0. The van der Waals surface area contributed by atoms with Crippen molar-refractivity contribution >= 4 is 11.9 Å². The topological polar surface area (TPSA) is 69.6 Å². The van der Waals surface area contributed by atoms with Crippen molar-refractivity contribution in [1.29, 1.82) is 0 Å². The summed E-state index contributed by atoms with van der Waals surface area (Å²) in [5.74, 6) is -2.77. The number of nitrogens with one attached hydrogen (secondary N) is 1. The van der Waals surface area contributed by atoms with Crippen molar-refractivity contribution < 1.29 is 23.5 Å². The summed E-state index contributed by atoms with van der Waals surface area (Å²) in [5.41, 5.74) is -0.234. The predicted octanol–water partition coefficient (Wildman–Crippen LogP) is 1.56. The zero-order valence-corrected chi connectivity index (χ0v) is 12.9. The second kappa shape index (κ2) is 7.50. The van der Waals surface area contributed by atoms with Gasteiger partial charge in [-0.05, 0) is 31.5 Å². The molecule has 0 aliphatic heterocycles. The lowest BCUT2D eigenvalue weighted by Crippen LogP contribution is -2.55. The van der Waals surface area contributed by atoms with Crippen molar-refractivity contribution in [2.45, 2.75) is 38.3 Å². The van der Waals surface area contributed by atoms with Crippen molar-refractivity contribution in [3.8, 4) is 0 Å². The van der Waals surface area contributed by atoms with Crippen molar-refractivity contribution in [3.05, 3.63) is 35.4 Å². The molecular weight excluding hydrogens is 306 g/mol. The quantitative estimate of drug-likeness (QED) is 0.798. The Bertz CT molecular complexity index is 568. The number of carbonyl (C=O) groups is 2. The average molecular weight is 326 g/mol. The van der Waals surface area contributed by atoms with Crippen molar-refractivity contribution in [2.75, 3.05) is 13.1 Å². The minimum atomic E-state index is -0.880. The minimum absolute atomic E-state index is 0.0255. The zero-order valence-electron chi connectivity index (χ0n) is 12.9. The normalized spacial score (nSPS) is 20.2. The molecule has 0 unspecified atom stereocenters. The molecule has 1 amide bonds. The molecule has 0 aromatic heterocycles. The Morgan fingerprint density at radius 2 is 1.91 bits per heavy atom. The summed E-state index contributed by atoms with van der Waals surface area (Å²) in [6, 6.07) is 3.54. The number of nitrogens with zero attached hydrogens (tertiary/aromatic N) is 1. The maximum atomic E-state index is 13.5. The zero-order chi connectivity index (χ0) is 17.0. The standard InChI is InChI=1S/C16H20F2N2O3/c1-2-20(9-16(22)23)11-6-10(7-11)19-15(21)8-12-13(17)4-3-5-14(12)18/h3-5,10-11H,2,6-9H2,1H3,(H,19,21)(H,22,23). The molecule has 1 fully saturated rings. The molecule has 2 rings (SSSR count). The Balaban J connectivity index is 1.81. The number of benzene rings is 1. The highest BCUT2D eigenvalue weighted by molar-refractivity contribution is 5.79. The highest BCUT2D eigenvalue weighted by Crippen LogP contribution is 2.25. The van der Waals surface area contributed by atoms with Gasteiger partial charge in [0.25, 0.3) is 0 Å². The summed E-state index contributed by atoms with van der Waals surface area (Å²) in [6.45, 7) is 2.48. The summed E-state index contributed by atoms with van der Waals surface area (Å²) in [6.07, 6.45) is 0.950. The van der Waals surface area contributed by atoms with Crippen LogP contribution in [0, 0.1) is 11.6 Å². The summed E-state index contributed by atoms with van der Waals surface area (Å²) in [5, 5.41) is 11.6. The van der Waals surface area contributed by atoms with E-state index in [4.69, 9.17) is 5.11 Å². The van der Waals surface area contributed by atoms with Crippen molar-refractivity contribution in [1.82, 2.24) is 10.2 Å². The molecule has 126 valence electrons. The first-order chi connectivity index (χ1) is 10.9. The Labute approximate surface area is 133 Å². The number of carboxylic acid groups (broad SMARTS) is 1. The van der Waals surface area contributed by atoms with Crippen LogP contribution in [0.4, 0.5) is 8.78 Å². The van der Waals surface area contributed by atoms with Crippen LogP contribution in [0.15, 0.2) is 18.2 Å². The first kappa shape index (κ1) is 17.3. The van der Waals surface area contributed by atoms with E-state index in [-0.39, 0.29) is 30.6 Å². The van der Waals surface area contributed by atoms with Gasteiger partial charge < -0.3 is 10.4 Å². The lowest BCUT2D eigenvalue weighted by atomic mass is 9.85. The number of amides is 1. The first-order valence-corrected chi connectivity index (χ1v) is 7.58. The van der Waals surface area contributed by atoms with Crippen molar-refractivity contribution in [3.63, 3.8) is 0 Å². The van der Waals surface area contributed by atoms with Gasteiger partial charge in [0, 0.05) is 17.6 Å². The van der Waals surface area contributed by atoms with Crippen LogP contribution < -0.4 is 5.32 Å². The highest BCUT2D eigenvalue weighted by atomic mass is 19.1. The molecule has 0 radical (unpaired) electrons. The van der Waals surface area contributed by atoms with Gasteiger partial charge in [0.15, 0.2) is 0 Å². The first-order valence-electron chi connectivity index (χ1n) is 7.58. The van der Waals surface area contributed by atoms with E-state index in [9.17, 15) is 18.4 Å². The van der Waals surface area contributed by atoms with Gasteiger partial charge in [-0.1, -0.05) is 13.0 Å². The second-order valence-corrected chi connectivity index (χ2v) is 5.72. The third-order valence-corrected chi connectivity index (χ3v) is 4.14. The van der Waals surface area contributed by atoms with Crippen LogP contribution in [0.3, 0.4) is 0 Å². The third kappa shape index (κ3) is 4.48. The molecule has 0 bridgehead atoms. The third-order valence-electron chi connectivity index (χ3n) is 4.14. The second-order valence-electron chi connectivity index (χ2n) is 5.72. The highest BCUT2D eigenvalue weighted by Gasteiger charge is 2.34. The van der Waals surface area contributed by atoms with E-state index in [1.54, 1.807) is 0 Å². The fraction of sp³-hybridized carbons (Fsp3) is 0.500. The van der Waals surface area contributed by atoms with Gasteiger partial charge in [0.1, 0.15) is 11.6 Å². The molecule has 1 aromatic rings. The van der Waals surface area contributed by atoms with Crippen LogP contribution in [0.2, 0.25) is 0 Å². The molecule has 23 heavy (non-hydrogen) atoms. The van der Waals surface area contributed by atoms with Crippen LogP contribution in [-0.4, -0.2) is 47.1 Å². The van der Waals surface area contributed by atoms with E-state index in [2.05, 4.69) is 5.32 Å². The van der Waals surface area contributed by atoms with Gasteiger partial charge in [0.05, 0.1) is 13.0 Å². The van der Waals surface area contributed by atoms with Gasteiger partial charge in [-0.15, -0.1) is 0 Å². The maximum absolute atomic E-state index is 13.5. The lowest BCUT2D eigenvalue weighted by molar-refractivity contribution is -0.139. The number of rotatable bonds is 7. The van der Waals surface area contributed by atoms with Crippen LogP contribution >= 0.6 is 0 Å².